The van der Waals surface area contributed by atoms with Crippen LogP contribution in [0.25, 0.3) is 11.2 Å². The van der Waals surface area contributed by atoms with E-state index in [9.17, 15) is 9.90 Å². The van der Waals surface area contributed by atoms with Gasteiger partial charge in [0.25, 0.3) is 5.56 Å². The lowest BCUT2D eigenvalue weighted by Crippen LogP contribution is -2.25. The Balaban J connectivity index is 2.12. The minimum absolute atomic E-state index is 0.0490. The van der Waals surface area contributed by atoms with E-state index in [1.54, 1.807) is 0 Å². The van der Waals surface area contributed by atoms with Gasteiger partial charge in [-0.25, -0.2) is 4.98 Å². The molecule has 20 heavy (non-hydrogen) atoms. The van der Waals surface area contributed by atoms with Crippen molar-refractivity contribution in [3.05, 3.63) is 28.8 Å². The molecule has 3 rings (SSSR count). The number of rotatable bonds is 2. The summed E-state index contributed by atoms with van der Waals surface area (Å²) in [5, 5.41) is 19.0. The molecular formula is C11H13N5O4. The molecule has 0 radical (unpaired) electrons. The third-order valence-corrected chi connectivity index (χ3v) is 3.24. The molecule has 0 aromatic carbocycles. The van der Waals surface area contributed by atoms with Crippen molar-refractivity contribution < 1.29 is 14.9 Å². The van der Waals surface area contributed by atoms with Crippen LogP contribution in [0.3, 0.4) is 0 Å². The normalized spacial score (nSPS) is 26.5. The van der Waals surface area contributed by atoms with Gasteiger partial charge in [0.15, 0.2) is 17.4 Å². The van der Waals surface area contributed by atoms with Gasteiger partial charge in [-0.2, -0.15) is 4.98 Å². The highest BCUT2D eigenvalue weighted by Gasteiger charge is 2.39. The van der Waals surface area contributed by atoms with Crippen LogP contribution in [0, 0.1) is 0 Å². The van der Waals surface area contributed by atoms with Crippen LogP contribution in [-0.2, 0) is 4.74 Å². The Morgan fingerprint density at radius 2 is 2.35 bits per heavy atom. The molecule has 106 valence electrons. The van der Waals surface area contributed by atoms with Gasteiger partial charge in [-0.3, -0.25) is 14.3 Å². The average Bonchev–Trinajstić information content (AvgIpc) is 2.93. The van der Waals surface area contributed by atoms with Gasteiger partial charge in [0.2, 0.25) is 5.95 Å². The van der Waals surface area contributed by atoms with Crippen LogP contribution in [0.5, 0.6) is 0 Å². The highest BCUT2D eigenvalue weighted by Crippen LogP contribution is 2.34. The van der Waals surface area contributed by atoms with Gasteiger partial charge in [-0.05, 0) is 0 Å². The van der Waals surface area contributed by atoms with E-state index in [4.69, 9.17) is 15.6 Å². The van der Waals surface area contributed by atoms with Gasteiger partial charge in [-0.1, -0.05) is 6.58 Å². The van der Waals surface area contributed by atoms with Crippen LogP contribution in [0.1, 0.15) is 6.23 Å². The molecule has 0 aliphatic carbocycles. The van der Waals surface area contributed by atoms with Crippen LogP contribution < -0.4 is 11.3 Å². The van der Waals surface area contributed by atoms with Gasteiger partial charge in [0, 0.05) is 5.57 Å². The fourth-order valence-corrected chi connectivity index (χ4v) is 2.21. The molecule has 3 heterocycles. The molecule has 0 saturated carbocycles. The van der Waals surface area contributed by atoms with Gasteiger partial charge in [0.1, 0.15) is 12.2 Å². The number of imidazole rings is 1. The van der Waals surface area contributed by atoms with Gasteiger partial charge in [-0.15, -0.1) is 0 Å². The topological polar surface area (TPSA) is 139 Å². The number of nitrogens with one attached hydrogen (secondary N) is 1. The lowest BCUT2D eigenvalue weighted by molar-refractivity contribution is -0.0422. The zero-order valence-corrected chi connectivity index (χ0v) is 10.4. The third-order valence-electron chi connectivity index (χ3n) is 3.24. The van der Waals surface area contributed by atoms with Crippen LogP contribution in [0.2, 0.25) is 0 Å². The number of nitrogens with zero attached hydrogens (tertiary/aromatic N) is 3. The number of aromatic amines is 1. The number of hydrogen-bond donors (Lipinski definition) is 4. The maximum atomic E-state index is 11.7. The number of aliphatic hydroxyl groups excluding tert-OH is 2. The molecule has 1 aliphatic rings. The standard InChI is InChI=1S/C11H13N5O4/c1-4-7(18)5(2-17)20-10(4)16-3-13-6-8(16)14-11(12)15-9(6)19/h3,5,7,10,17-18H,1-2H2,(H3,12,14,15,19)/t5-,7+,10?/m1/s1. The second kappa shape index (κ2) is 4.40. The van der Waals surface area contributed by atoms with Crippen LogP contribution >= 0.6 is 0 Å². The minimum Gasteiger partial charge on any atom is -0.394 e. The maximum absolute atomic E-state index is 11.7. The first-order valence-electron chi connectivity index (χ1n) is 5.88. The molecule has 1 aliphatic heterocycles. The predicted octanol–water partition coefficient (Wildman–Crippen LogP) is -1.49. The summed E-state index contributed by atoms with van der Waals surface area (Å²) in [6.07, 6.45) is -1.18. The Labute approximate surface area is 112 Å². The average molecular weight is 279 g/mol. The van der Waals surface area contributed by atoms with Gasteiger partial charge >= 0.3 is 0 Å². The van der Waals surface area contributed by atoms with Crippen molar-refractivity contribution >= 4 is 17.1 Å². The van der Waals surface area contributed by atoms with E-state index in [2.05, 4.69) is 21.5 Å². The van der Waals surface area contributed by atoms with E-state index < -0.39 is 24.0 Å². The first kappa shape index (κ1) is 12.8. The van der Waals surface area contributed by atoms with E-state index in [-0.39, 0.29) is 23.7 Å². The summed E-state index contributed by atoms with van der Waals surface area (Å²) < 4.78 is 6.94. The summed E-state index contributed by atoms with van der Waals surface area (Å²) in [4.78, 5) is 22.0. The first-order valence-corrected chi connectivity index (χ1v) is 5.88. The zero-order chi connectivity index (χ0) is 14.4. The molecule has 5 N–H and O–H groups in total. The fraction of sp³-hybridized carbons (Fsp3) is 0.364. The number of anilines is 1. The molecule has 2 aromatic heterocycles. The molecule has 9 heteroatoms. The van der Waals surface area contributed by atoms with Crippen molar-refractivity contribution in [2.24, 2.45) is 0 Å². The highest BCUT2D eigenvalue weighted by atomic mass is 16.5. The fourth-order valence-electron chi connectivity index (χ4n) is 2.21. The third kappa shape index (κ3) is 1.72. The summed E-state index contributed by atoms with van der Waals surface area (Å²) >= 11 is 0. The number of hydrogen-bond acceptors (Lipinski definition) is 7. The van der Waals surface area contributed by atoms with E-state index in [1.165, 1.54) is 10.9 Å². The second-order valence-electron chi connectivity index (χ2n) is 4.50. The SMILES string of the molecule is C=C1C(n2cnc3c(=O)[nH]c(N)nc32)O[C@H](CO)[C@H]1O. The largest absolute Gasteiger partial charge is 0.394 e. The van der Waals surface area contributed by atoms with Gasteiger partial charge in [0.05, 0.1) is 12.9 Å². The van der Waals surface area contributed by atoms with Crippen molar-refractivity contribution in [3.63, 3.8) is 0 Å². The lowest BCUT2D eigenvalue weighted by atomic mass is 10.1. The van der Waals surface area contributed by atoms with Crippen LogP contribution in [0.15, 0.2) is 23.3 Å². The predicted molar refractivity (Wildman–Crippen MR) is 68.7 cm³/mol. The van der Waals surface area contributed by atoms with E-state index in [0.29, 0.717) is 5.57 Å². The molecule has 1 fully saturated rings. The minimum atomic E-state index is -0.998. The van der Waals surface area contributed by atoms with E-state index >= 15 is 0 Å². The Hall–Kier alpha value is -2.23. The maximum Gasteiger partial charge on any atom is 0.280 e. The molecule has 1 saturated heterocycles. The summed E-state index contributed by atoms with van der Waals surface area (Å²) in [5.74, 6) is -0.0490. The Bertz CT molecular complexity index is 736. The van der Waals surface area contributed by atoms with E-state index in [0.717, 1.165) is 0 Å². The molecule has 3 atom stereocenters. The van der Waals surface area contributed by atoms with Crippen molar-refractivity contribution in [3.8, 4) is 0 Å². The molecule has 9 nitrogen and oxygen atoms in total. The quantitative estimate of drug-likeness (QED) is 0.491. The molecule has 2 aromatic rings. The summed E-state index contributed by atoms with van der Waals surface area (Å²) in [5.41, 5.74) is 5.73. The molecule has 0 amide bonds. The van der Waals surface area contributed by atoms with Gasteiger partial charge < -0.3 is 20.7 Å². The monoisotopic (exact) mass is 279 g/mol. The molecule has 0 bridgehead atoms. The smallest absolute Gasteiger partial charge is 0.280 e. The van der Waals surface area contributed by atoms with Crippen LogP contribution in [0.4, 0.5) is 5.95 Å². The highest BCUT2D eigenvalue weighted by molar-refractivity contribution is 5.70. The van der Waals surface area contributed by atoms with Crippen molar-refractivity contribution in [1.82, 2.24) is 19.5 Å². The Morgan fingerprint density at radius 1 is 1.60 bits per heavy atom. The number of H-pyrrole nitrogens is 1. The lowest BCUT2D eigenvalue weighted by Gasteiger charge is -2.13. The van der Waals surface area contributed by atoms with Crippen molar-refractivity contribution in [2.75, 3.05) is 12.3 Å². The molecular weight excluding hydrogens is 266 g/mol. The Kier molecular flexibility index (Phi) is 2.82. The molecule has 1 unspecified atom stereocenters. The summed E-state index contributed by atoms with van der Waals surface area (Å²) in [6.45, 7) is 3.40. The first-order chi connectivity index (χ1) is 9.52. The zero-order valence-electron chi connectivity index (χ0n) is 10.4. The number of ether oxygens (including phenoxy) is 1. The number of nitrogens with two attached hydrogens (primary N) is 1. The number of fused-ring (bicyclic) bond motifs is 1. The summed E-state index contributed by atoms with van der Waals surface area (Å²) in [6, 6.07) is 0. The van der Waals surface area contributed by atoms with Crippen molar-refractivity contribution in [1.29, 1.82) is 0 Å². The van der Waals surface area contributed by atoms with E-state index in [1.807, 2.05) is 0 Å². The number of aromatic nitrogens is 4. The number of aliphatic hydroxyl groups is 2. The molecule has 0 spiro atoms. The number of nitrogen functional groups attached to an aromatic ring is 1. The second-order valence-corrected chi connectivity index (χ2v) is 4.50. The Morgan fingerprint density at radius 3 is 3.00 bits per heavy atom. The van der Waals surface area contributed by atoms with Crippen molar-refractivity contribution in [2.45, 2.75) is 18.4 Å². The van der Waals surface area contributed by atoms with Crippen LogP contribution in [-0.4, -0.2) is 48.5 Å². The summed E-state index contributed by atoms with van der Waals surface area (Å²) in [7, 11) is 0.